The van der Waals surface area contributed by atoms with E-state index in [0.717, 1.165) is 11.5 Å². The van der Waals surface area contributed by atoms with E-state index in [4.69, 9.17) is 0 Å². The molecule has 0 fully saturated rings. The van der Waals surface area contributed by atoms with Crippen molar-refractivity contribution in [1.82, 2.24) is 25.4 Å². The third-order valence-corrected chi connectivity index (χ3v) is 1.45. The minimum atomic E-state index is 0.750. The average molecular weight is 201 g/mol. The van der Waals surface area contributed by atoms with Crippen LogP contribution in [0.4, 0.5) is 0 Å². The van der Waals surface area contributed by atoms with Gasteiger partial charge in [-0.05, 0) is 23.4 Å². The molecule has 2 rings (SSSR count). The van der Waals surface area contributed by atoms with Crippen LogP contribution in [0.25, 0.3) is 12.2 Å². The van der Waals surface area contributed by atoms with E-state index >= 15 is 0 Å². The van der Waals surface area contributed by atoms with Crippen molar-refractivity contribution < 1.29 is 0 Å². The highest BCUT2D eigenvalue weighted by atomic mass is 15.3. The monoisotopic (exact) mass is 201 g/mol. The van der Waals surface area contributed by atoms with Crippen molar-refractivity contribution in [2.45, 2.75) is 0 Å². The fraction of sp³-hybridized carbons (Fsp3) is 0. The molecule has 76 valence electrons. The largest absolute Gasteiger partial charge is 0.345 e. The quantitative estimate of drug-likeness (QED) is 0.800. The third-order valence-electron chi connectivity index (χ3n) is 1.45. The lowest BCUT2D eigenvalue weighted by Crippen LogP contribution is -1.85. The van der Waals surface area contributed by atoms with Gasteiger partial charge in [0.05, 0.1) is 11.9 Å². The number of hydrogen-bond donors (Lipinski definition) is 1. The maximum absolute atomic E-state index is 3.86. The Morgan fingerprint density at radius 3 is 2.40 bits per heavy atom. The Balaban J connectivity index is 0.000000151. The minimum absolute atomic E-state index is 0.750. The van der Waals surface area contributed by atoms with Crippen molar-refractivity contribution in [2.24, 2.45) is 0 Å². The summed E-state index contributed by atoms with van der Waals surface area (Å²) in [5.41, 5.74) is 0.750. The number of aromatic nitrogens is 5. The van der Waals surface area contributed by atoms with E-state index in [-0.39, 0.29) is 0 Å². The molecule has 0 saturated carbocycles. The number of aromatic amines is 1. The molecule has 0 radical (unpaired) electrons. The zero-order valence-electron chi connectivity index (χ0n) is 8.17. The van der Waals surface area contributed by atoms with Crippen molar-refractivity contribution in [1.29, 1.82) is 0 Å². The van der Waals surface area contributed by atoms with Gasteiger partial charge in [0.2, 0.25) is 0 Å². The lowest BCUT2D eigenvalue weighted by molar-refractivity contribution is 0.858. The molecule has 2 heterocycles. The Morgan fingerprint density at radius 1 is 1.20 bits per heavy atom. The van der Waals surface area contributed by atoms with Crippen LogP contribution in [0.3, 0.4) is 0 Å². The Kier molecular flexibility index (Phi) is 4.45. The maximum atomic E-state index is 3.86. The van der Waals surface area contributed by atoms with Gasteiger partial charge in [-0.2, -0.15) is 0 Å². The summed E-state index contributed by atoms with van der Waals surface area (Å²) in [4.78, 5) is 6.72. The maximum Gasteiger partial charge on any atom is 0.129 e. The molecule has 0 aliphatic carbocycles. The summed E-state index contributed by atoms with van der Waals surface area (Å²) < 4.78 is 0. The van der Waals surface area contributed by atoms with Gasteiger partial charge in [0.25, 0.3) is 0 Å². The van der Waals surface area contributed by atoms with Gasteiger partial charge >= 0.3 is 0 Å². The van der Waals surface area contributed by atoms with Crippen LogP contribution in [0, 0.1) is 0 Å². The predicted octanol–water partition coefficient (Wildman–Crippen LogP) is 1.57. The molecule has 0 spiro atoms. The van der Waals surface area contributed by atoms with Crippen LogP contribution in [0.5, 0.6) is 0 Å². The van der Waals surface area contributed by atoms with Crippen LogP contribution in [-0.2, 0) is 0 Å². The van der Waals surface area contributed by atoms with E-state index < -0.39 is 0 Å². The zero-order valence-corrected chi connectivity index (χ0v) is 8.17. The summed E-state index contributed by atoms with van der Waals surface area (Å²) in [5, 5.41) is 10.5. The molecule has 5 heteroatoms. The Hall–Kier alpha value is -2.30. The molecule has 0 atom stereocenters. The van der Waals surface area contributed by atoms with E-state index in [1.54, 1.807) is 36.8 Å². The topological polar surface area (TPSA) is 67.3 Å². The second-order valence-electron chi connectivity index (χ2n) is 2.43. The van der Waals surface area contributed by atoms with Gasteiger partial charge < -0.3 is 4.98 Å². The van der Waals surface area contributed by atoms with Crippen molar-refractivity contribution in [3.8, 4) is 0 Å². The van der Waals surface area contributed by atoms with Gasteiger partial charge in [-0.15, -0.1) is 10.2 Å². The summed E-state index contributed by atoms with van der Waals surface area (Å²) in [6.45, 7) is 7.01. The molecular weight excluding hydrogens is 190 g/mol. The van der Waals surface area contributed by atoms with Crippen molar-refractivity contribution in [3.05, 3.63) is 49.3 Å². The second kappa shape index (κ2) is 6.20. The normalized spacial score (nSPS) is 8.53. The van der Waals surface area contributed by atoms with E-state index in [2.05, 4.69) is 38.5 Å². The highest BCUT2D eigenvalue weighted by Crippen LogP contribution is 1.87. The van der Waals surface area contributed by atoms with Gasteiger partial charge in [0, 0.05) is 12.4 Å². The lowest BCUT2D eigenvalue weighted by atomic mass is 10.4. The smallest absolute Gasteiger partial charge is 0.129 e. The first-order valence-corrected chi connectivity index (χ1v) is 4.25. The standard InChI is InChI=1S/C5H5N3.C5H6N2/c1-2-5-3-4-6-8-7-5;1-2-5-6-3-4-7-5/h2-4H,1H2;2-4H,1H2,(H,6,7). The van der Waals surface area contributed by atoms with E-state index in [1.165, 1.54) is 0 Å². The molecule has 0 aromatic carbocycles. The fourth-order valence-electron chi connectivity index (χ4n) is 0.748. The lowest BCUT2D eigenvalue weighted by Gasteiger charge is -1.81. The summed E-state index contributed by atoms with van der Waals surface area (Å²) in [7, 11) is 0. The van der Waals surface area contributed by atoms with Gasteiger partial charge in [0.1, 0.15) is 5.82 Å². The molecule has 5 nitrogen and oxygen atoms in total. The van der Waals surface area contributed by atoms with Crippen LogP contribution >= 0.6 is 0 Å². The van der Waals surface area contributed by atoms with Crippen LogP contribution in [-0.4, -0.2) is 25.4 Å². The van der Waals surface area contributed by atoms with Gasteiger partial charge in [-0.1, -0.05) is 13.2 Å². The van der Waals surface area contributed by atoms with Gasteiger partial charge in [-0.25, -0.2) is 4.98 Å². The summed E-state index contributed by atoms with van der Waals surface area (Å²) >= 11 is 0. The van der Waals surface area contributed by atoms with Crippen LogP contribution < -0.4 is 0 Å². The molecule has 0 amide bonds. The molecule has 0 bridgehead atoms. The molecule has 0 unspecified atom stereocenters. The van der Waals surface area contributed by atoms with Gasteiger partial charge in [0.15, 0.2) is 0 Å². The molecule has 0 saturated heterocycles. The predicted molar refractivity (Wildman–Crippen MR) is 58.6 cm³/mol. The van der Waals surface area contributed by atoms with E-state index in [1.807, 2.05) is 0 Å². The summed E-state index contributed by atoms with van der Waals surface area (Å²) in [6.07, 6.45) is 8.31. The Morgan fingerprint density at radius 2 is 2.07 bits per heavy atom. The van der Waals surface area contributed by atoms with Crippen molar-refractivity contribution >= 4 is 12.2 Å². The molecule has 15 heavy (non-hydrogen) atoms. The number of rotatable bonds is 2. The highest BCUT2D eigenvalue weighted by molar-refractivity contribution is 5.38. The highest BCUT2D eigenvalue weighted by Gasteiger charge is 1.80. The SMILES string of the molecule is C=Cc1ccnnn1.C=Cc1ncc[nH]1. The molecule has 2 aromatic rings. The van der Waals surface area contributed by atoms with E-state index in [0.29, 0.717) is 0 Å². The molecule has 0 aliphatic rings. The summed E-state index contributed by atoms with van der Waals surface area (Å²) in [6, 6.07) is 1.74. The molecule has 2 aromatic heterocycles. The number of hydrogen-bond acceptors (Lipinski definition) is 4. The first-order valence-electron chi connectivity index (χ1n) is 4.25. The van der Waals surface area contributed by atoms with Crippen LogP contribution in [0.1, 0.15) is 11.5 Å². The average Bonchev–Trinajstić information content (AvgIpc) is 2.84. The van der Waals surface area contributed by atoms with Crippen LogP contribution in [0.2, 0.25) is 0 Å². The third kappa shape index (κ3) is 3.95. The van der Waals surface area contributed by atoms with Crippen molar-refractivity contribution in [2.75, 3.05) is 0 Å². The number of imidazole rings is 1. The number of nitrogens with one attached hydrogen (secondary N) is 1. The number of H-pyrrole nitrogens is 1. The first-order chi connectivity index (χ1) is 7.36. The minimum Gasteiger partial charge on any atom is -0.345 e. The Bertz CT molecular complexity index is 393. The first kappa shape index (κ1) is 10.8. The second-order valence-corrected chi connectivity index (χ2v) is 2.43. The summed E-state index contributed by atoms with van der Waals surface area (Å²) in [5.74, 6) is 0.819. The fourth-order valence-corrected chi connectivity index (χ4v) is 0.748. The van der Waals surface area contributed by atoms with Crippen molar-refractivity contribution in [3.63, 3.8) is 0 Å². The molecule has 0 aliphatic heterocycles. The van der Waals surface area contributed by atoms with Gasteiger partial charge in [-0.3, -0.25) is 0 Å². The van der Waals surface area contributed by atoms with Crippen LogP contribution in [0.15, 0.2) is 37.8 Å². The molecule has 1 N–H and O–H groups in total. The Labute approximate surface area is 87.6 Å². The van der Waals surface area contributed by atoms with E-state index in [9.17, 15) is 0 Å². The number of nitrogens with zero attached hydrogens (tertiary/aromatic N) is 4. The molecular formula is C10H11N5. The zero-order chi connectivity index (χ0) is 10.9.